The molecule has 0 aliphatic heterocycles. The third-order valence-electron chi connectivity index (χ3n) is 5.51. The standard InChI is InChI=1S/2C15H16BrN/c1-12(14-9-5-6-10-15(14)16)11-17-13-7-3-2-4-8-13;16-15-11-5-4-7-13(15)8-6-12-17-14-9-2-1-3-10-14/h2-10,12,17H,11H2,1H3;1-5,7,9-11,17H,6,8,12H2. The molecule has 1 unspecified atom stereocenters. The molecule has 4 aromatic carbocycles. The fourth-order valence-electron chi connectivity index (χ4n) is 3.58. The highest BCUT2D eigenvalue weighted by molar-refractivity contribution is 9.10. The predicted octanol–water partition coefficient (Wildman–Crippen LogP) is 9.16. The van der Waals surface area contributed by atoms with Crippen LogP contribution in [0.4, 0.5) is 11.4 Å². The van der Waals surface area contributed by atoms with E-state index in [4.69, 9.17) is 0 Å². The number of anilines is 2. The van der Waals surface area contributed by atoms with Gasteiger partial charge in [-0.05, 0) is 66.3 Å². The van der Waals surface area contributed by atoms with E-state index >= 15 is 0 Å². The molecule has 4 rings (SSSR count). The molecular weight excluding hydrogens is 548 g/mol. The van der Waals surface area contributed by atoms with Gasteiger partial charge in [0.1, 0.15) is 0 Å². The van der Waals surface area contributed by atoms with E-state index in [1.807, 2.05) is 30.3 Å². The summed E-state index contributed by atoms with van der Waals surface area (Å²) in [6.45, 7) is 4.17. The zero-order valence-electron chi connectivity index (χ0n) is 19.6. The summed E-state index contributed by atoms with van der Waals surface area (Å²) in [6, 6.07) is 37.4. The Morgan fingerprint density at radius 1 is 0.618 bits per heavy atom. The lowest BCUT2D eigenvalue weighted by Crippen LogP contribution is -2.10. The predicted molar refractivity (Wildman–Crippen MR) is 155 cm³/mol. The van der Waals surface area contributed by atoms with E-state index < -0.39 is 0 Å². The van der Waals surface area contributed by atoms with Gasteiger partial charge >= 0.3 is 0 Å². The Kier molecular flexibility index (Phi) is 11.2. The van der Waals surface area contributed by atoms with Gasteiger partial charge in [0.2, 0.25) is 0 Å². The topological polar surface area (TPSA) is 24.1 Å². The molecule has 0 amide bonds. The van der Waals surface area contributed by atoms with Crippen molar-refractivity contribution in [1.82, 2.24) is 0 Å². The van der Waals surface area contributed by atoms with Crippen molar-refractivity contribution in [3.05, 3.63) is 129 Å². The Balaban J connectivity index is 0.000000191. The average molecular weight is 580 g/mol. The Labute approximate surface area is 221 Å². The normalized spacial score (nSPS) is 11.1. The number of hydrogen-bond donors (Lipinski definition) is 2. The molecule has 0 bridgehead atoms. The van der Waals surface area contributed by atoms with Crippen LogP contribution in [-0.4, -0.2) is 13.1 Å². The van der Waals surface area contributed by atoms with Crippen molar-refractivity contribution in [3.8, 4) is 0 Å². The molecule has 2 N–H and O–H groups in total. The summed E-state index contributed by atoms with van der Waals surface area (Å²) >= 11 is 7.17. The van der Waals surface area contributed by atoms with Crippen LogP contribution in [-0.2, 0) is 6.42 Å². The largest absolute Gasteiger partial charge is 0.385 e. The molecule has 0 saturated heterocycles. The first kappa shape index (κ1) is 26.1. The zero-order chi connectivity index (χ0) is 24.0. The van der Waals surface area contributed by atoms with Crippen LogP contribution in [0.15, 0.2) is 118 Å². The van der Waals surface area contributed by atoms with Gasteiger partial charge in [-0.2, -0.15) is 0 Å². The molecular formula is C30H32Br2N2. The molecule has 4 heteroatoms. The van der Waals surface area contributed by atoms with Gasteiger partial charge in [-0.15, -0.1) is 0 Å². The van der Waals surface area contributed by atoms with Crippen molar-refractivity contribution in [2.24, 2.45) is 0 Å². The molecule has 0 fully saturated rings. The van der Waals surface area contributed by atoms with Gasteiger partial charge in [0.25, 0.3) is 0 Å². The van der Waals surface area contributed by atoms with Gasteiger partial charge in [0, 0.05) is 33.4 Å². The maximum Gasteiger partial charge on any atom is 0.0340 e. The lowest BCUT2D eigenvalue weighted by Gasteiger charge is -2.15. The molecule has 0 saturated carbocycles. The number of rotatable bonds is 9. The summed E-state index contributed by atoms with van der Waals surface area (Å²) in [5.74, 6) is 0.478. The third-order valence-corrected chi connectivity index (χ3v) is 7.00. The Hall–Kier alpha value is -2.56. The third kappa shape index (κ3) is 9.00. The van der Waals surface area contributed by atoms with Crippen molar-refractivity contribution < 1.29 is 0 Å². The smallest absolute Gasteiger partial charge is 0.0340 e. The maximum absolute atomic E-state index is 3.60. The van der Waals surface area contributed by atoms with Crippen LogP contribution >= 0.6 is 31.9 Å². The molecule has 176 valence electrons. The number of aryl methyl sites for hydroxylation is 1. The molecule has 0 heterocycles. The summed E-state index contributed by atoms with van der Waals surface area (Å²) in [7, 11) is 0. The number of para-hydroxylation sites is 2. The maximum atomic E-state index is 3.60. The highest BCUT2D eigenvalue weighted by atomic mass is 79.9. The second-order valence-electron chi connectivity index (χ2n) is 8.16. The first-order valence-corrected chi connectivity index (χ1v) is 13.3. The van der Waals surface area contributed by atoms with Crippen LogP contribution in [0, 0.1) is 0 Å². The second kappa shape index (κ2) is 14.6. The molecule has 34 heavy (non-hydrogen) atoms. The van der Waals surface area contributed by atoms with Crippen molar-refractivity contribution in [3.63, 3.8) is 0 Å². The van der Waals surface area contributed by atoms with Crippen LogP contribution in [0.2, 0.25) is 0 Å². The lowest BCUT2D eigenvalue weighted by molar-refractivity contribution is 0.800. The molecule has 0 spiro atoms. The van der Waals surface area contributed by atoms with Gasteiger partial charge in [0.15, 0.2) is 0 Å². The Bertz CT molecular complexity index is 1100. The highest BCUT2D eigenvalue weighted by Crippen LogP contribution is 2.24. The number of benzene rings is 4. The number of halogens is 2. The van der Waals surface area contributed by atoms with Gasteiger partial charge in [-0.3, -0.25) is 0 Å². The molecule has 4 aromatic rings. The molecule has 1 atom stereocenters. The lowest BCUT2D eigenvalue weighted by atomic mass is 10.0. The van der Waals surface area contributed by atoms with Crippen LogP contribution in [0.25, 0.3) is 0 Å². The van der Waals surface area contributed by atoms with E-state index in [0.29, 0.717) is 5.92 Å². The quantitative estimate of drug-likeness (QED) is 0.193. The monoisotopic (exact) mass is 578 g/mol. The van der Waals surface area contributed by atoms with E-state index in [1.54, 1.807) is 0 Å². The first-order chi connectivity index (χ1) is 16.6. The first-order valence-electron chi connectivity index (χ1n) is 11.7. The van der Waals surface area contributed by atoms with E-state index in [2.05, 4.69) is 128 Å². The van der Waals surface area contributed by atoms with Crippen LogP contribution in [0.3, 0.4) is 0 Å². The second-order valence-corrected chi connectivity index (χ2v) is 9.87. The number of nitrogens with one attached hydrogen (secondary N) is 2. The summed E-state index contributed by atoms with van der Waals surface area (Å²) < 4.78 is 2.39. The Morgan fingerprint density at radius 3 is 1.76 bits per heavy atom. The average Bonchev–Trinajstić information content (AvgIpc) is 2.88. The molecule has 0 aliphatic carbocycles. The van der Waals surface area contributed by atoms with Gasteiger partial charge < -0.3 is 10.6 Å². The molecule has 0 radical (unpaired) electrons. The minimum atomic E-state index is 0.478. The van der Waals surface area contributed by atoms with Gasteiger partial charge in [0.05, 0.1) is 0 Å². The summed E-state index contributed by atoms with van der Waals surface area (Å²) in [5, 5.41) is 6.87. The molecule has 0 aliphatic rings. The van der Waals surface area contributed by atoms with Gasteiger partial charge in [-0.25, -0.2) is 0 Å². The van der Waals surface area contributed by atoms with Crippen LogP contribution < -0.4 is 10.6 Å². The van der Waals surface area contributed by atoms with Crippen LogP contribution in [0.1, 0.15) is 30.4 Å². The summed E-state index contributed by atoms with van der Waals surface area (Å²) in [4.78, 5) is 0. The van der Waals surface area contributed by atoms with Gasteiger partial charge in [-0.1, -0.05) is 112 Å². The summed E-state index contributed by atoms with van der Waals surface area (Å²) in [5.41, 5.74) is 5.09. The number of hydrogen-bond acceptors (Lipinski definition) is 2. The van der Waals surface area contributed by atoms with E-state index in [-0.39, 0.29) is 0 Å². The minimum Gasteiger partial charge on any atom is -0.385 e. The van der Waals surface area contributed by atoms with Crippen LogP contribution in [0.5, 0.6) is 0 Å². The minimum absolute atomic E-state index is 0.478. The van der Waals surface area contributed by atoms with Crippen molar-refractivity contribution in [2.45, 2.75) is 25.7 Å². The fourth-order valence-corrected chi connectivity index (χ4v) is 4.74. The van der Waals surface area contributed by atoms with E-state index in [9.17, 15) is 0 Å². The van der Waals surface area contributed by atoms with E-state index in [0.717, 1.165) is 25.9 Å². The van der Waals surface area contributed by atoms with E-state index in [1.165, 1.54) is 31.4 Å². The highest BCUT2D eigenvalue weighted by Gasteiger charge is 2.08. The van der Waals surface area contributed by atoms with Crippen molar-refractivity contribution in [1.29, 1.82) is 0 Å². The van der Waals surface area contributed by atoms with Crippen molar-refractivity contribution in [2.75, 3.05) is 23.7 Å². The molecule has 2 nitrogen and oxygen atoms in total. The SMILES string of the molecule is Brc1ccccc1CCCNc1ccccc1.CC(CNc1ccccc1)c1ccccc1Br. The fraction of sp³-hybridized carbons (Fsp3) is 0.200. The Morgan fingerprint density at radius 2 is 1.15 bits per heavy atom. The zero-order valence-corrected chi connectivity index (χ0v) is 22.7. The summed E-state index contributed by atoms with van der Waals surface area (Å²) in [6.07, 6.45) is 2.23. The molecule has 0 aromatic heterocycles. The van der Waals surface area contributed by atoms with Crippen molar-refractivity contribution >= 4 is 43.2 Å².